The summed E-state index contributed by atoms with van der Waals surface area (Å²) in [6, 6.07) is 4.28. The highest BCUT2D eigenvalue weighted by Crippen LogP contribution is 2.38. The molecule has 3 aromatic heterocycles. The summed E-state index contributed by atoms with van der Waals surface area (Å²) in [6.45, 7) is 9.14. The second-order valence-corrected chi connectivity index (χ2v) is 10.5. The Morgan fingerprint density at radius 1 is 1.26 bits per heavy atom. The summed E-state index contributed by atoms with van der Waals surface area (Å²) >= 11 is 0. The Kier molecular flexibility index (Phi) is 5.90. The zero-order chi connectivity index (χ0) is 24.7. The zero-order valence-corrected chi connectivity index (χ0v) is 20.5. The number of hydrogen-bond donors (Lipinski definition) is 3. The van der Waals surface area contributed by atoms with E-state index in [9.17, 15) is 9.18 Å². The van der Waals surface area contributed by atoms with Crippen molar-refractivity contribution in [2.45, 2.75) is 65.3 Å². The lowest BCUT2D eigenvalue weighted by Gasteiger charge is -2.25. The number of H-pyrrole nitrogens is 1. The first-order chi connectivity index (χ1) is 16.7. The molecule has 1 aliphatic carbocycles. The lowest BCUT2D eigenvalue weighted by atomic mass is 9.90. The molecular weight excluding hydrogens is 447 g/mol. The fourth-order valence-corrected chi connectivity index (χ4v) is 4.86. The first-order valence-electron chi connectivity index (χ1n) is 12.1. The van der Waals surface area contributed by atoms with Crippen molar-refractivity contribution in [2.24, 2.45) is 5.41 Å². The van der Waals surface area contributed by atoms with Gasteiger partial charge in [-0.3, -0.25) is 9.89 Å². The van der Waals surface area contributed by atoms with Crippen LogP contribution in [-0.4, -0.2) is 43.6 Å². The van der Waals surface area contributed by atoms with E-state index in [1.165, 1.54) is 18.3 Å². The van der Waals surface area contributed by atoms with Crippen molar-refractivity contribution in [3.63, 3.8) is 0 Å². The van der Waals surface area contributed by atoms with Gasteiger partial charge in [-0.05, 0) is 49.1 Å². The minimum atomic E-state index is -0.587. The molecule has 3 N–H and O–H groups in total. The molecule has 5 rings (SSSR count). The van der Waals surface area contributed by atoms with Crippen LogP contribution in [0, 0.1) is 11.4 Å². The van der Waals surface area contributed by atoms with Crippen molar-refractivity contribution < 1.29 is 9.18 Å². The molecular formula is C25H31FN8O. The summed E-state index contributed by atoms with van der Waals surface area (Å²) in [5, 5.41) is 13.7. The number of aromatic amines is 1. The molecule has 0 spiro atoms. The summed E-state index contributed by atoms with van der Waals surface area (Å²) in [5.41, 5.74) is 3.53. The number of anilines is 4. The predicted molar refractivity (Wildman–Crippen MR) is 132 cm³/mol. The van der Waals surface area contributed by atoms with Gasteiger partial charge in [-0.15, -0.1) is 0 Å². The number of amides is 1. The zero-order valence-electron chi connectivity index (χ0n) is 20.5. The van der Waals surface area contributed by atoms with Crippen molar-refractivity contribution in [1.29, 1.82) is 0 Å². The van der Waals surface area contributed by atoms with E-state index in [0.717, 1.165) is 42.0 Å². The van der Waals surface area contributed by atoms with Crippen LogP contribution in [0.1, 0.15) is 63.4 Å². The topological polar surface area (TPSA) is 112 Å². The van der Waals surface area contributed by atoms with E-state index >= 15 is 0 Å². The summed E-state index contributed by atoms with van der Waals surface area (Å²) in [7, 11) is 0. The Hall–Kier alpha value is -3.56. The van der Waals surface area contributed by atoms with Gasteiger partial charge in [-0.25, -0.2) is 9.97 Å². The lowest BCUT2D eigenvalue weighted by Crippen LogP contribution is -2.41. The van der Waals surface area contributed by atoms with Crippen LogP contribution in [0.3, 0.4) is 0 Å². The average Bonchev–Trinajstić information content (AvgIpc) is 3.53. The number of carbonyl (C=O) groups excluding carboxylic acids is 1. The molecule has 0 aromatic carbocycles. The Labute approximate surface area is 204 Å². The largest absolute Gasteiger partial charge is 0.328 e. The van der Waals surface area contributed by atoms with Crippen LogP contribution in [0.2, 0.25) is 0 Å². The number of aryl methyl sites for hydroxylation is 1. The molecule has 35 heavy (non-hydrogen) atoms. The van der Waals surface area contributed by atoms with Crippen LogP contribution in [0.15, 0.2) is 24.4 Å². The number of nitrogens with one attached hydrogen (secondary N) is 3. The molecule has 1 fully saturated rings. The van der Waals surface area contributed by atoms with Gasteiger partial charge < -0.3 is 15.5 Å². The van der Waals surface area contributed by atoms with Crippen molar-refractivity contribution in [2.75, 3.05) is 22.1 Å². The highest BCUT2D eigenvalue weighted by atomic mass is 19.1. The first-order valence-corrected chi connectivity index (χ1v) is 12.1. The van der Waals surface area contributed by atoms with Gasteiger partial charge >= 0.3 is 0 Å². The van der Waals surface area contributed by atoms with Crippen LogP contribution < -0.4 is 15.5 Å². The quantitative estimate of drug-likeness (QED) is 0.452. The standard InChI is InChI=1S/C25H31FN8O/c1-14(2)18-10-21(33-32-18)30-22-16-6-5-7-17(16)29-24(31-22)34-13-25(3,4)11-19(34)23(35)28-15-8-9-20(26)27-12-15/h8-10,12,14,19H,5-7,11,13H2,1-4H3,(H,28,35)(H2,29,30,31,32,33). The monoisotopic (exact) mass is 478 g/mol. The SMILES string of the molecule is CC(C)c1cc(Nc2nc(N3CC(C)(C)CC3C(=O)Nc3ccc(F)nc3)nc3c2CCC3)n[nH]1. The van der Waals surface area contributed by atoms with Crippen LogP contribution in [0.4, 0.5) is 27.7 Å². The molecule has 1 saturated heterocycles. The van der Waals surface area contributed by atoms with Gasteiger partial charge in [0.2, 0.25) is 17.8 Å². The maximum atomic E-state index is 13.3. The second kappa shape index (κ2) is 8.90. The van der Waals surface area contributed by atoms with Gasteiger partial charge in [-0.2, -0.15) is 14.5 Å². The van der Waals surface area contributed by atoms with Gasteiger partial charge in [0.15, 0.2) is 5.82 Å². The van der Waals surface area contributed by atoms with Gasteiger partial charge in [-0.1, -0.05) is 27.7 Å². The fourth-order valence-electron chi connectivity index (χ4n) is 4.86. The minimum absolute atomic E-state index is 0.104. The maximum Gasteiger partial charge on any atom is 0.247 e. The molecule has 4 heterocycles. The molecule has 2 aliphatic rings. The number of nitrogens with zero attached hydrogens (tertiary/aromatic N) is 5. The van der Waals surface area contributed by atoms with E-state index in [-0.39, 0.29) is 11.3 Å². The highest BCUT2D eigenvalue weighted by molar-refractivity contribution is 5.97. The summed E-state index contributed by atoms with van der Waals surface area (Å²) in [5.74, 6) is 1.57. The van der Waals surface area contributed by atoms with E-state index in [2.05, 4.69) is 53.5 Å². The number of rotatable bonds is 6. The molecule has 3 aromatic rings. The molecule has 0 saturated carbocycles. The fraction of sp³-hybridized carbons (Fsp3) is 0.480. The molecule has 0 radical (unpaired) electrons. The van der Waals surface area contributed by atoms with Gasteiger partial charge in [0, 0.05) is 23.9 Å². The number of carbonyl (C=O) groups is 1. The Morgan fingerprint density at radius 2 is 2.09 bits per heavy atom. The highest BCUT2D eigenvalue weighted by Gasteiger charge is 2.43. The molecule has 1 aliphatic heterocycles. The van der Waals surface area contributed by atoms with Gasteiger partial charge in [0.25, 0.3) is 0 Å². The third-order valence-electron chi connectivity index (χ3n) is 6.66. The normalized spacial score (nSPS) is 18.7. The van der Waals surface area contributed by atoms with Crippen LogP contribution >= 0.6 is 0 Å². The minimum Gasteiger partial charge on any atom is -0.328 e. The van der Waals surface area contributed by atoms with Gasteiger partial charge in [0.05, 0.1) is 17.6 Å². The molecule has 0 bridgehead atoms. The third-order valence-corrected chi connectivity index (χ3v) is 6.66. The summed E-state index contributed by atoms with van der Waals surface area (Å²) < 4.78 is 13.2. The molecule has 184 valence electrons. The van der Waals surface area contributed by atoms with Crippen LogP contribution in [0.25, 0.3) is 0 Å². The molecule has 9 nitrogen and oxygen atoms in total. The predicted octanol–water partition coefficient (Wildman–Crippen LogP) is 4.33. The Morgan fingerprint density at radius 3 is 2.80 bits per heavy atom. The molecule has 1 unspecified atom stereocenters. The first kappa shape index (κ1) is 23.2. The van der Waals surface area contributed by atoms with E-state index < -0.39 is 12.0 Å². The maximum absolute atomic E-state index is 13.3. The van der Waals surface area contributed by atoms with Crippen molar-refractivity contribution in [3.05, 3.63) is 47.3 Å². The van der Waals surface area contributed by atoms with E-state index in [4.69, 9.17) is 9.97 Å². The molecule has 10 heteroatoms. The van der Waals surface area contributed by atoms with E-state index in [0.29, 0.717) is 36.3 Å². The summed E-state index contributed by atoms with van der Waals surface area (Å²) in [4.78, 5) is 28.7. The third kappa shape index (κ3) is 4.82. The number of fused-ring (bicyclic) bond motifs is 1. The van der Waals surface area contributed by atoms with Crippen molar-refractivity contribution >= 4 is 29.2 Å². The van der Waals surface area contributed by atoms with E-state index in [1.807, 2.05) is 11.0 Å². The number of pyridine rings is 1. The number of halogens is 1. The Bertz CT molecular complexity index is 1240. The number of hydrogen-bond acceptors (Lipinski definition) is 7. The van der Waals surface area contributed by atoms with Crippen molar-refractivity contribution in [3.8, 4) is 0 Å². The molecule has 1 amide bonds. The van der Waals surface area contributed by atoms with E-state index in [1.54, 1.807) is 0 Å². The van der Waals surface area contributed by atoms with Gasteiger partial charge in [0.1, 0.15) is 11.9 Å². The lowest BCUT2D eigenvalue weighted by molar-refractivity contribution is -0.117. The average molecular weight is 479 g/mol. The number of aromatic nitrogens is 5. The second-order valence-electron chi connectivity index (χ2n) is 10.5. The van der Waals surface area contributed by atoms with Crippen LogP contribution in [0.5, 0.6) is 0 Å². The molecule has 1 atom stereocenters. The smallest absolute Gasteiger partial charge is 0.247 e. The summed E-state index contributed by atoms with van der Waals surface area (Å²) in [6.07, 6.45) is 4.78. The van der Waals surface area contributed by atoms with Crippen LogP contribution in [-0.2, 0) is 17.6 Å². The Balaban J connectivity index is 1.45. The van der Waals surface area contributed by atoms with Crippen molar-refractivity contribution in [1.82, 2.24) is 25.1 Å².